The zero-order valence-electron chi connectivity index (χ0n) is 16.1. The Kier molecular flexibility index (Phi) is 5.78. The molecule has 0 fully saturated rings. The summed E-state index contributed by atoms with van der Waals surface area (Å²) in [4.78, 5) is 2.27. The molecular weight excluding hydrogens is 332 g/mol. The molecule has 0 spiro atoms. The van der Waals surface area contributed by atoms with Crippen molar-refractivity contribution in [3.8, 4) is 11.8 Å². The van der Waals surface area contributed by atoms with E-state index >= 15 is 0 Å². The van der Waals surface area contributed by atoms with E-state index in [-0.39, 0.29) is 0 Å². The molecule has 3 nitrogen and oxygen atoms in total. The second-order valence-electron chi connectivity index (χ2n) is 6.33. The van der Waals surface area contributed by atoms with Crippen molar-refractivity contribution in [2.75, 3.05) is 25.1 Å². The third-order valence-electron chi connectivity index (χ3n) is 4.83. The predicted octanol–water partition coefficient (Wildman–Crippen LogP) is 5.76. The van der Waals surface area contributed by atoms with Crippen LogP contribution < -0.4 is 9.64 Å². The van der Waals surface area contributed by atoms with E-state index in [2.05, 4.69) is 55.1 Å². The second kappa shape index (κ2) is 8.42. The molecule has 3 aromatic rings. The van der Waals surface area contributed by atoms with Crippen LogP contribution in [0.4, 0.5) is 5.69 Å². The predicted molar refractivity (Wildman–Crippen MR) is 114 cm³/mol. The van der Waals surface area contributed by atoms with Crippen LogP contribution >= 0.6 is 0 Å². The molecule has 27 heavy (non-hydrogen) atoms. The minimum Gasteiger partial charge on any atom is -0.496 e. The number of benzene rings is 3. The van der Waals surface area contributed by atoms with Gasteiger partial charge in [0, 0.05) is 30.4 Å². The average Bonchev–Trinajstić information content (AvgIpc) is 2.73. The zero-order chi connectivity index (χ0) is 19.2. The van der Waals surface area contributed by atoms with Gasteiger partial charge in [-0.15, -0.1) is 0 Å². The first-order chi connectivity index (χ1) is 13.2. The summed E-state index contributed by atoms with van der Waals surface area (Å²) in [6, 6.07) is 22.7. The van der Waals surface area contributed by atoms with Gasteiger partial charge in [0.2, 0.25) is 0 Å². The first-order valence-electron chi connectivity index (χ1n) is 9.24. The van der Waals surface area contributed by atoms with Crippen LogP contribution in [0.25, 0.3) is 22.4 Å². The van der Waals surface area contributed by atoms with Crippen molar-refractivity contribution in [2.24, 2.45) is 0 Å². The molecule has 3 aromatic carbocycles. The normalized spacial score (nSPS) is 11.3. The molecule has 0 N–H and O–H groups in total. The van der Waals surface area contributed by atoms with Crippen LogP contribution in [-0.4, -0.2) is 20.2 Å². The van der Waals surface area contributed by atoms with Gasteiger partial charge in [-0.3, -0.25) is 0 Å². The first kappa shape index (κ1) is 18.5. The van der Waals surface area contributed by atoms with Crippen LogP contribution in [0.1, 0.15) is 25.0 Å². The molecule has 0 aliphatic carbocycles. The number of hydrogen-bond donors (Lipinski definition) is 0. The summed E-state index contributed by atoms with van der Waals surface area (Å²) >= 11 is 0. The van der Waals surface area contributed by atoms with E-state index in [0.29, 0.717) is 5.57 Å². The lowest BCUT2D eigenvalue weighted by atomic mass is 10.00. The molecule has 0 heterocycles. The molecule has 0 atom stereocenters. The monoisotopic (exact) mass is 356 g/mol. The minimum absolute atomic E-state index is 0.620. The molecule has 0 bridgehead atoms. The Bertz CT molecular complexity index is 1010. The SMILES string of the molecule is CCN(CC)c1ccc(/C=C(/C#N)c2ccc3ccccc3c2)c(OC)c1. The smallest absolute Gasteiger partial charge is 0.128 e. The Labute approximate surface area is 161 Å². The van der Waals surface area contributed by atoms with Crippen LogP contribution in [0.5, 0.6) is 5.75 Å². The second-order valence-corrected chi connectivity index (χ2v) is 6.33. The van der Waals surface area contributed by atoms with Crippen LogP contribution in [0, 0.1) is 11.3 Å². The van der Waals surface area contributed by atoms with Crippen molar-refractivity contribution in [3.63, 3.8) is 0 Å². The number of nitrogens with zero attached hydrogens (tertiary/aromatic N) is 2. The number of methoxy groups -OCH3 is 1. The van der Waals surface area contributed by atoms with Crippen LogP contribution in [-0.2, 0) is 0 Å². The van der Waals surface area contributed by atoms with Crippen molar-refractivity contribution in [1.29, 1.82) is 5.26 Å². The Morgan fingerprint density at radius 2 is 1.74 bits per heavy atom. The van der Waals surface area contributed by atoms with Gasteiger partial charge in [0.25, 0.3) is 0 Å². The molecule has 0 aliphatic rings. The molecule has 3 rings (SSSR count). The molecule has 0 radical (unpaired) electrons. The Morgan fingerprint density at radius 3 is 2.41 bits per heavy atom. The topological polar surface area (TPSA) is 36.3 Å². The number of fused-ring (bicyclic) bond motifs is 1. The lowest BCUT2D eigenvalue weighted by Gasteiger charge is -2.22. The summed E-state index contributed by atoms with van der Waals surface area (Å²) in [6.07, 6.45) is 1.90. The standard InChI is InChI=1S/C24H24N2O/c1-4-26(5-2)23-13-12-21(24(16-23)27-3)15-22(17-25)20-11-10-18-8-6-7-9-19(18)14-20/h6-16H,4-5H2,1-3H3/b22-15-. The maximum absolute atomic E-state index is 9.73. The zero-order valence-corrected chi connectivity index (χ0v) is 16.1. The van der Waals surface area contributed by atoms with Gasteiger partial charge in [0.1, 0.15) is 5.75 Å². The fourth-order valence-corrected chi connectivity index (χ4v) is 3.30. The molecule has 0 aromatic heterocycles. The van der Waals surface area contributed by atoms with Crippen LogP contribution in [0.2, 0.25) is 0 Å². The molecule has 0 amide bonds. The molecular formula is C24H24N2O. The van der Waals surface area contributed by atoms with Gasteiger partial charge in [-0.05, 0) is 54.5 Å². The van der Waals surface area contributed by atoms with E-state index in [1.165, 1.54) is 5.39 Å². The fourth-order valence-electron chi connectivity index (χ4n) is 3.30. The highest BCUT2D eigenvalue weighted by Crippen LogP contribution is 2.30. The van der Waals surface area contributed by atoms with E-state index in [9.17, 15) is 5.26 Å². The molecule has 0 unspecified atom stereocenters. The van der Waals surface area contributed by atoms with Gasteiger partial charge >= 0.3 is 0 Å². The first-order valence-corrected chi connectivity index (χ1v) is 9.24. The van der Waals surface area contributed by atoms with Crippen LogP contribution in [0.15, 0.2) is 60.7 Å². The van der Waals surface area contributed by atoms with Crippen molar-refractivity contribution in [2.45, 2.75) is 13.8 Å². The summed E-state index contributed by atoms with van der Waals surface area (Å²) in [7, 11) is 1.67. The van der Waals surface area contributed by atoms with Crippen molar-refractivity contribution < 1.29 is 4.74 Å². The summed E-state index contributed by atoms with van der Waals surface area (Å²) in [6.45, 7) is 6.15. The van der Waals surface area contributed by atoms with Gasteiger partial charge in [-0.25, -0.2) is 0 Å². The lowest BCUT2D eigenvalue weighted by molar-refractivity contribution is 0.414. The highest BCUT2D eigenvalue weighted by Gasteiger charge is 2.09. The summed E-state index contributed by atoms with van der Waals surface area (Å²) in [5, 5.41) is 12.0. The number of ether oxygens (including phenoxy) is 1. The van der Waals surface area contributed by atoms with Crippen molar-refractivity contribution >= 4 is 28.1 Å². The maximum Gasteiger partial charge on any atom is 0.128 e. The van der Waals surface area contributed by atoms with Crippen LogP contribution in [0.3, 0.4) is 0 Å². The quantitative estimate of drug-likeness (QED) is 0.416. The Balaban J connectivity index is 2.03. The number of rotatable bonds is 6. The minimum atomic E-state index is 0.620. The van der Waals surface area contributed by atoms with Gasteiger partial charge in [0.05, 0.1) is 18.8 Å². The van der Waals surface area contributed by atoms with E-state index in [1.54, 1.807) is 7.11 Å². The molecule has 0 saturated carbocycles. The van der Waals surface area contributed by atoms with Gasteiger partial charge < -0.3 is 9.64 Å². The van der Waals surface area contributed by atoms with Gasteiger partial charge in [0.15, 0.2) is 0 Å². The number of allylic oxidation sites excluding steroid dienone is 1. The maximum atomic E-state index is 9.73. The molecule has 0 aliphatic heterocycles. The van der Waals surface area contributed by atoms with E-state index in [4.69, 9.17) is 4.74 Å². The van der Waals surface area contributed by atoms with E-state index in [0.717, 1.165) is 41.0 Å². The molecule has 0 saturated heterocycles. The Morgan fingerprint density at radius 1 is 1.00 bits per heavy atom. The number of nitriles is 1. The summed E-state index contributed by atoms with van der Waals surface area (Å²) in [5.74, 6) is 0.771. The lowest BCUT2D eigenvalue weighted by Crippen LogP contribution is -2.21. The average molecular weight is 356 g/mol. The number of hydrogen-bond acceptors (Lipinski definition) is 3. The van der Waals surface area contributed by atoms with Crippen molar-refractivity contribution in [1.82, 2.24) is 0 Å². The van der Waals surface area contributed by atoms with Crippen molar-refractivity contribution in [3.05, 3.63) is 71.8 Å². The fraction of sp³-hybridized carbons (Fsp3) is 0.208. The molecule has 3 heteroatoms. The highest BCUT2D eigenvalue weighted by atomic mass is 16.5. The third kappa shape index (κ3) is 3.96. The molecule has 136 valence electrons. The highest BCUT2D eigenvalue weighted by molar-refractivity contribution is 5.95. The van der Waals surface area contributed by atoms with Gasteiger partial charge in [-0.2, -0.15) is 5.26 Å². The van der Waals surface area contributed by atoms with E-state index < -0.39 is 0 Å². The third-order valence-corrected chi connectivity index (χ3v) is 4.83. The van der Waals surface area contributed by atoms with Gasteiger partial charge in [-0.1, -0.05) is 36.4 Å². The summed E-state index contributed by atoms with van der Waals surface area (Å²) in [5.41, 5.74) is 3.55. The largest absolute Gasteiger partial charge is 0.496 e. The van der Waals surface area contributed by atoms with E-state index in [1.807, 2.05) is 36.4 Å². The Hall–Kier alpha value is -3.25. The summed E-state index contributed by atoms with van der Waals surface area (Å²) < 4.78 is 5.60. The number of anilines is 1.